The first-order valence-corrected chi connectivity index (χ1v) is 7.05. The molecule has 1 atom stereocenters. The minimum absolute atomic E-state index is 0.128. The fourth-order valence-electron chi connectivity index (χ4n) is 1.54. The Morgan fingerprint density at radius 1 is 1.33 bits per heavy atom. The van der Waals surface area contributed by atoms with Crippen molar-refractivity contribution < 1.29 is 13.5 Å². The number of hydrogen-bond donors (Lipinski definition) is 0. The summed E-state index contributed by atoms with van der Waals surface area (Å²) >= 11 is 10.8. The van der Waals surface area contributed by atoms with Gasteiger partial charge in [-0.1, -0.05) is 0 Å². The molecule has 18 heavy (non-hydrogen) atoms. The Morgan fingerprint density at radius 2 is 1.94 bits per heavy atom. The van der Waals surface area contributed by atoms with Crippen LogP contribution in [0, 0.1) is 11.6 Å². The van der Waals surface area contributed by atoms with Gasteiger partial charge in [0.2, 0.25) is 0 Å². The summed E-state index contributed by atoms with van der Waals surface area (Å²) < 4.78 is 33.2. The van der Waals surface area contributed by atoms with Gasteiger partial charge in [-0.3, -0.25) is 0 Å². The third-order valence-corrected chi connectivity index (χ3v) is 4.92. The first kappa shape index (κ1) is 13.8. The van der Waals surface area contributed by atoms with Crippen LogP contribution in [0.15, 0.2) is 28.1 Å². The SMILES string of the molecule is COc1cc(F)c(C(Cl)c2sccc2Br)c(F)c1. The molecule has 1 heterocycles. The predicted octanol–water partition coefficient (Wildman–Crippen LogP) is 5.13. The van der Waals surface area contributed by atoms with Crippen LogP contribution in [0.1, 0.15) is 15.8 Å². The van der Waals surface area contributed by atoms with Gasteiger partial charge in [0, 0.05) is 27.0 Å². The van der Waals surface area contributed by atoms with Crippen molar-refractivity contribution in [3.8, 4) is 5.75 Å². The second kappa shape index (κ2) is 5.55. The van der Waals surface area contributed by atoms with Crippen molar-refractivity contribution in [3.05, 3.63) is 50.1 Å². The monoisotopic (exact) mass is 352 g/mol. The van der Waals surface area contributed by atoms with E-state index < -0.39 is 17.0 Å². The maximum atomic E-state index is 13.9. The summed E-state index contributed by atoms with van der Waals surface area (Å²) in [4.78, 5) is 0.666. The van der Waals surface area contributed by atoms with Crippen molar-refractivity contribution in [2.24, 2.45) is 0 Å². The lowest BCUT2D eigenvalue weighted by atomic mass is 10.1. The van der Waals surface area contributed by atoms with Gasteiger partial charge < -0.3 is 4.74 Å². The summed E-state index contributed by atoms with van der Waals surface area (Å²) in [6.07, 6.45) is 0. The fourth-order valence-corrected chi connectivity index (χ4v) is 3.74. The number of alkyl halides is 1. The van der Waals surface area contributed by atoms with E-state index in [2.05, 4.69) is 15.9 Å². The highest BCUT2D eigenvalue weighted by Gasteiger charge is 2.23. The van der Waals surface area contributed by atoms with Crippen LogP contribution in [-0.4, -0.2) is 7.11 Å². The minimum atomic E-state index is -0.870. The van der Waals surface area contributed by atoms with Gasteiger partial charge in [-0.2, -0.15) is 0 Å². The van der Waals surface area contributed by atoms with Crippen molar-refractivity contribution in [3.63, 3.8) is 0 Å². The molecule has 0 N–H and O–H groups in total. The normalized spacial score (nSPS) is 12.5. The molecule has 0 spiro atoms. The molecular weight excluding hydrogens is 346 g/mol. The minimum Gasteiger partial charge on any atom is -0.497 e. The van der Waals surface area contributed by atoms with Crippen LogP contribution in [0.4, 0.5) is 8.78 Å². The largest absolute Gasteiger partial charge is 0.497 e. The van der Waals surface area contributed by atoms with E-state index in [1.165, 1.54) is 18.4 Å². The summed E-state index contributed by atoms with van der Waals surface area (Å²) in [7, 11) is 1.35. The Labute approximate surface area is 120 Å². The highest BCUT2D eigenvalue weighted by atomic mass is 79.9. The molecule has 1 aromatic heterocycles. The second-order valence-electron chi connectivity index (χ2n) is 3.50. The fraction of sp³-hybridized carbons (Fsp3) is 0.167. The molecule has 1 aromatic carbocycles. The van der Waals surface area contributed by atoms with Crippen LogP contribution in [-0.2, 0) is 0 Å². The molecule has 0 fully saturated rings. The predicted molar refractivity (Wildman–Crippen MR) is 72.6 cm³/mol. The zero-order valence-corrected chi connectivity index (χ0v) is 12.4. The van der Waals surface area contributed by atoms with Crippen LogP contribution in [0.25, 0.3) is 0 Å². The van der Waals surface area contributed by atoms with E-state index >= 15 is 0 Å². The molecule has 0 aliphatic carbocycles. The van der Waals surface area contributed by atoms with Crippen LogP contribution >= 0.6 is 38.9 Å². The van der Waals surface area contributed by atoms with Crippen molar-refractivity contribution in [2.75, 3.05) is 7.11 Å². The maximum absolute atomic E-state index is 13.9. The lowest BCUT2D eigenvalue weighted by Gasteiger charge is -2.12. The van der Waals surface area contributed by atoms with Crippen molar-refractivity contribution in [2.45, 2.75) is 5.38 Å². The summed E-state index contributed by atoms with van der Waals surface area (Å²) in [5.41, 5.74) is -0.166. The molecule has 0 aliphatic rings. The summed E-state index contributed by atoms with van der Waals surface area (Å²) in [6.45, 7) is 0. The quantitative estimate of drug-likeness (QED) is 0.695. The first-order valence-electron chi connectivity index (χ1n) is 4.94. The number of thiophene rings is 1. The average Bonchev–Trinajstić information content (AvgIpc) is 2.74. The average molecular weight is 354 g/mol. The van der Waals surface area contributed by atoms with Crippen LogP contribution < -0.4 is 4.74 Å². The van der Waals surface area contributed by atoms with E-state index in [9.17, 15) is 8.78 Å². The molecule has 1 unspecified atom stereocenters. The smallest absolute Gasteiger partial charge is 0.134 e. The highest BCUT2D eigenvalue weighted by Crippen LogP contribution is 2.40. The Hall–Kier alpha value is -0.650. The van der Waals surface area contributed by atoms with Crippen LogP contribution in [0.2, 0.25) is 0 Å². The van der Waals surface area contributed by atoms with Gasteiger partial charge in [0.15, 0.2) is 0 Å². The van der Waals surface area contributed by atoms with E-state index in [0.717, 1.165) is 16.6 Å². The molecule has 0 amide bonds. The molecule has 6 heteroatoms. The standard InChI is InChI=1S/C12H8BrClF2OS/c1-17-6-4-8(15)10(9(16)5-6)11(14)12-7(13)2-3-18-12/h2-5,11H,1H3. The Kier molecular flexibility index (Phi) is 4.25. The Morgan fingerprint density at radius 3 is 2.39 bits per heavy atom. The maximum Gasteiger partial charge on any atom is 0.134 e. The van der Waals surface area contributed by atoms with Gasteiger partial charge in [0.25, 0.3) is 0 Å². The first-order chi connectivity index (χ1) is 8.54. The third-order valence-electron chi connectivity index (χ3n) is 2.42. The van der Waals surface area contributed by atoms with E-state index in [-0.39, 0.29) is 11.3 Å². The molecule has 0 saturated carbocycles. The zero-order valence-electron chi connectivity index (χ0n) is 9.22. The van der Waals surface area contributed by atoms with Crippen molar-refractivity contribution >= 4 is 38.9 Å². The third kappa shape index (κ3) is 2.53. The lowest BCUT2D eigenvalue weighted by molar-refractivity contribution is 0.405. The second-order valence-corrected chi connectivity index (χ2v) is 5.74. The summed E-state index contributed by atoms with van der Waals surface area (Å²) in [5, 5.41) is 0.930. The molecule has 96 valence electrons. The van der Waals surface area contributed by atoms with Gasteiger partial charge in [0.05, 0.1) is 12.5 Å². The molecule has 0 aliphatic heterocycles. The summed E-state index contributed by atoms with van der Waals surface area (Å²) in [6, 6.07) is 4.03. The molecule has 0 bridgehead atoms. The molecule has 0 radical (unpaired) electrons. The summed E-state index contributed by atoms with van der Waals surface area (Å²) in [5.74, 6) is -1.30. The van der Waals surface area contributed by atoms with Gasteiger partial charge in [-0.25, -0.2) is 8.78 Å². The van der Waals surface area contributed by atoms with Gasteiger partial charge >= 0.3 is 0 Å². The van der Waals surface area contributed by atoms with E-state index in [0.29, 0.717) is 4.88 Å². The number of rotatable bonds is 3. The zero-order chi connectivity index (χ0) is 13.3. The van der Waals surface area contributed by atoms with E-state index in [1.807, 2.05) is 0 Å². The lowest BCUT2D eigenvalue weighted by Crippen LogP contribution is -2.01. The topological polar surface area (TPSA) is 9.23 Å². The van der Waals surface area contributed by atoms with Gasteiger partial charge in [-0.15, -0.1) is 22.9 Å². The van der Waals surface area contributed by atoms with Gasteiger partial charge in [0.1, 0.15) is 17.4 Å². The van der Waals surface area contributed by atoms with Gasteiger partial charge in [-0.05, 0) is 27.4 Å². The van der Waals surface area contributed by atoms with E-state index in [4.69, 9.17) is 16.3 Å². The highest BCUT2D eigenvalue weighted by molar-refractivity contribution is 9.10. The van der Waals surface area contributed by atoms with Crippen LogP contribution in [0.5, 0.6) is 5.75 Å². The molecule has 0 saturated heterocycles. The van der Waals surface area contributed by atoms with Crippen LogP contribution in [0.3, 0.4) is 0 Å². The van der Waals surface area contributed by atoms with Crippen molar-refractivity contribution in [1.82, 2.24) is 0 Å². The molecule has 1 nitrogen and oxygen atoms in total. The van der Waals surface area contributed by atoms with Crippen molar-refractivity contribution in [1.29, 1.82) is 0 Å². The number of hydrogen-bond acceptors (Lipinski definition) is 2. The Bertz CT molecular complexity index is 550. The number of methoxy groups -OCH3 is 1. The van der Waals surface area contributed by atoms with E-state index in [1.54, 1.807) is 11.4 Å². The Balaban J connectivity index is 2.48. The number of ether oxygens (including phenoxy) is 1. The molecular formula is C12H8BrClF2OS. The number of halogens is 4. The molecule has 2 rings (SSSR count). The number of benzene rings is 1. The molecule has 2 aromatic rings.